The second-order valence-electron chi connectivity index (χ2n) is 12.1. The first-order valence-electron chi connectivity index (χ1n) is 14.7. The van der Waals surface area contributed by atoms with Crippen molar-refractivity contribution in [2.75, 3.05) is 33.9 Å². The molecule has 44 heavy (non-hydrogen) atoms. The highest BCUT2D eigenvalue weighted by Crippen LogP contribution is 2.35. The van der Waals surface area contributed by atoms with Gasteiger partial charge in [0.2, 0.25) is 0 Å². The summed E-state index contributed by atoms with van der Waals surface area (Å²) in [6.45, 7) is 7.56. The molecule has 3 heterocycles. The van der Waals surface area contributed by atoms with Gasteiger partial charge in [0.1, 0.15) is 28.4 Å². The van der Waals surface area contributed by atoms with Crippen molar-refractivity contribution in [3.8, 4) is 22.6 Å². The fraction of sp³-hybridized carbons (Fsp3) is 0.382. The number of piperidine rings is 1. The summed E-state index contributed by atoms with van der Waals surface area (Å²) in [6, 6.07) is 10.9. The normalized spacial score (nSPS) is 14.1. The van der Waals surface area contributed by atoms with E-state index in [9.17, 15) is 9.59 Å². The van der Waals surface area contributed by atoms with Gasteiger partial charge < -0.3 is 18.8 Å². The van der Waals surface area contributed by atoms with Crippen LogP contribution in [0, 0.1) is 5.82 Å². The number of halogens is 1. The van der Waals surface area contributed by atoms with E-state index >= 15 is 4.39 Å². The highest BCUT2D eigenvalue weighted by Gasteiger charge is 2.23. The second-order valence-corrected chi connectivity index (χ2v) is 12.1. The van der Waals surface area contributed by atoms with Crippen molar-refractivity contribution in [3.63, 3.8) is 0 Å². The van der Waals surface area contributed by atoms with Crippen LogP contribution in [0.25, 0.3) is 28.1 Å². The number of hydrogen-bond acceptors (Lipinski definition) is 7. The first kappa shape index (κ1) is 31.0. The molecule has 0 N–H and O–H groups in total. The molecule has 9 nitrogen and oxygen atoms in total. The maximum absolute atomic E-state index is 15.8. The van der Waals surface area contributed by atoms with Gasteiger partial charge in [0.25, 0.3) is 5.56 Å². The Morgan fingerprint density at radius 1 is 1.07 bits per heavy atom. The predicted octanol–water partition coefficient (Wildman–Crippen LogP) is 5.43. The summed E-state index contributed by atoms with van der Waals surface area (Å²) in [7, 11) is 4.81. The fourth-order valence-electron chi connectivity index (χ4n) is 5.51. The Morgan fingerprint density at radius 2 is 1.77 bits per heavy atom. The van der Waals surface area contributed by atoms with Crippen molar-refractivity contribution >= 4 is 22.9 Å². The van der Waals surface area contributed by atoms with Crippen LogP contribution >= 0.6 is 0 Å². The molecule has 0 radical (unpaired) electrons. The molecule has 0 aliphatic carbocycles. The minimum absolute atomic E-state index is 0.193. The van der Waals surface area contributed by atoms with Crippen LogP contribution in [-0.4, -0.2) is 64.7 Å². The topological polar surface area (TPSA) is 87.8 Å². The fourth-order valence-corrected chi connectivity index (χ4v) is 5.51. The van der Waals surface area contributed by atoms with E-state index in [1.165, 1.54) is 17.7 Å². The van der Waals surface area contributed by atoms with Crippen LogP contribution in [-0.2, 0) is 23.1 Å². The molecule has 0 amide bonds. The summed E-state index contributed by atoms with van der Waals surface area (Å²) in [5.41, 5.74) is 3.40. The van der Waals surface area contributed by atoms with E-state index in [0.717, 1.165) is 16.9 Å². The molecule has 2 aromatic heterocycles. The first-order valence-corrected chi connectivity index (χ1v) is 14.7. The van der Waals surface area contributed by atoms with Crippen molar-refractivity contribution < 1.29 is 23.4 Å². The molecule has 4 aromatic rings. The molecule has 232 valence electrons. The molecule has 1 aliphatic heterocycles. The SMILES string of the molecule is COc1ccc(Cn2ncc3c(-c4cc(F)c(C=C5CCN(CC(=O)OC(C)(C)C)CC5)c(OC)c4)cn(C)c(=O)c32)cc1. The van der Waals surface area contributed by atoms with Crippen LogP contribution in [0.1, 0.15) is 44.7 Å². The first-order chi connectivity index (χ1) is 21.0. The summed E-state index contributed by atoms with van der Waals surface area (Å²) in [6.07, 6.45) is 6.63. The molecule has 2 aromatic carbocycles. The van der Waals surface area contributed by atoms with Crippen LogP contribution < -0.4 is 15.0 Å². The molecule has 0 spiro atoms. The Kier molecular flexibility index (Phi) is 8.92. The molecule has 5 rings (SSSR count). The van der Waals surface area contributed by atoms with Crippen molar-refractivity contribution in [2.24, 2.45) is 7.05 Å². The molecule has 1 saturated heterocycles. The Morgan fingerprint density at radius 3 is 2.41 bits per heavy atom. The zero-order chi connectivity index (χ0) is 31.6. The van der Waals surface area contributed by atoms with Gasteiger partial charge in [-0.25, -0.2) is 4.39 Å². The van der Waals surface area contributed by atoms with Gasteiger partial charge in [-0.2, -0.15) is 5.10 Å². The third-order valence-electron chi connectivity index (χ3n) is 7.71. The number of fused-ring (bicyclic) bond motifs is 1. The summed E-state index contributed by atoms with van der Waals surface area (Å²) in [5, 5.41) is 5.16. The van der Waals surface area contributed by atoms with Gasteiger partial charge in [0.15, 0.2) is 0 Å². The number of carbonyl (C=O) groups is 1. The predicted molar refractivity (Wildman–Crippen MR) is 169 cm³/mol. The van der Waals surface area contributed by atoms with E-state index in [4.69, 9.17) is 14.2 Å². The third-order valence-corrected chi connectivity index (χ3v) is 7.71. The maximum Gasteiger partial charge on any atom is 0.320 e. The molecule has 0 saturated carbocycles. The summed E-state index contributed by atoms with van der Waals surface area (Å²) < 4.78 is 35.3. The molecule has 10 heteroatoms. The standard InChI is InChI=1S/C34H39FN4O5/c1-34(2,3)44-31(40)21-38-13-11-22(12-14-38)15-26-29(35)16-24(17-30(26)43-6)28-20-37(4)33(41)32-27(28)18-36-39(32)19-23-7-9-25(42-5)10-8-23/h7-10,15-18,20H,11-14,19,21H2,1-6H3. The van der Waals surface area contributed by atoms with E-state index in [0.29, 0.717) is 65.8 Å². The van der Waals surface area contributed by atoms with Crippen LogP contribution in [0.4, 0.5) is 4.39 Å². The number of nitrogens with zero attached hydrogens (tertiary/aromatic N) is 4. The molecule has 1 fully saturated rings. The zero-order valence-corrected chi connectivity index (χ0v) is 26.1. The third kappa shape index (κ3) is 6.86. The van der Waals surface area contributed by atoms with Gasteiger partial charge in [-0.15, -0.1) is 0 Å². The Hall–Kier alpha value is -4.44. The van der Waals surface area contributed by atoms with Crippen LogP contribution in [0.2, 0.25) is 0 Å². The number of benzene rings is 2. The average molecular weight is 603 g/mol. The Labute approximate surface area is 256 Å². The van der Waals surface area contributed by atoms with E-state index in [1.54, 1.807) is 37.3 Å². The number of aromatic nitrogens is 3. The maximum atomic E-state index is 15.8. The number of methoxy groups -OCH3 is 2. The lowest BCUT2D eigenvalue weighted by Crippen LogP contribution is -2.38. The smallest absolute Gasteiger partial charge is 0.320 e. The van der Waals surface area contributed by atoms with Gasteiger partial charge in [0.05, 0.1) is 39.1 Å². The minimum Gasteiger partial charge on any atom is -0.497 e. The van der Waals surface area contributed by atoms with Gasteiger partial charge >= 0.3 is 5.97 Å². The van der Waals surface area contributed by atoms with Crippen LogP contribution in [0.15, 0.2) is 59.2 Å². The molecular formula is C34H39FN4O5. The van der Waals surface area contributed by atoms with Gasteiger partial charge in [-0.1, -0.05) is 17.7 Å². The Bertz CT molecular complexity index is 1760. The summed E-state index contributed by atoms with van der Waals surface area (Å²) >= 11 is 0. The van der Waals surface area contributed by atoms with E-state index in [2.05, 4.69) is 10.00 Å². The number of ether oxygens (including phenoxy) is 3. The largest absolute Gasteiger partial charge is 0.497 e. The van der Waals surface area contributed by atoms with Crippen molar-refractivity contribution in [3.05, 3.63) is 81.7 Å². The minimum atomic E-state index is -0.518. The lowest BCUT2D eigenvalue weighted by Gasteiger charge is -2.29. The van der Waals surface area contributed by atoms with Crippen molar-refractivity contribution in [2.45, 2.75) is 45.8 Å². The van der Waals surface area contributed by atoms with Gasteiger partial charge in [0, 0.05) is 37.3 Å². The van der Waals surface area contributed by atoms with E-state index in [1.807, 2.05) is 51.1 Å². The summed E-state index contributed by atoms with van der Waals surface area (Å²) in [4.78, 5) is 27.5. The monoisotopic (exact) mass is 602 g/mol. The zero-order valence-electron chi connectivity index (χ0n) is 26.1. The van der Waals surface area contributed by atoms with Gasteiger partial charge in [-0.3, -0.25) is 19.2 Å². The van der Waals surface area contributed by atoms with Gasteiger partial charge in [-0.05, 0) is 75.1 Å². The number of rotatable bonds is 8. The number of carbonyl (C=O) groups excluding carboxylic acids is 1. The molecule has 0 unspecified atom stereocenters. The highest BCUT2D eigenvalue weighted by molar-refractivity contribution is 5.94. The molecule has 1 aliphatic rings. The molecular weight excluding hydrogens is 563 g/mol. The number of hydrogen-bond donors (Lipinski definition) is 0. The lowest BCUT2D eigenvalue weighted by molar-refractivity contribution is -0.156. The summed E-state index contributed by atoms with van der Waals surface area (Å²) in [5.74, 6) is 0.481. The number of likely N-dealkylation sites (tertiary alicyclic amines) is 1. The average Bonchev–Trinajstić information content (AvgIpc) is 3.40. The van der Waals surface area contributed by atoms with Crippen LogP contribution in [0.3, 0.4) is 0 Å². The van der Waals surface area contributed by atoms with Crippen molar-refractivity contribution in [1.29, 1.82) is 0 Å². The Balaban J connectivity index is 1.41. The second kappa shape index (κ2) is 12.7. The van der Waals surface area contributed by atoms with Crippen LogP contribution in [0.5, 0.6) is 11.5 Å². The molecule has 0 atom stereocenters. The number of aryl methyl sites for hydroxylation is 1. The number of pyridine rings is 1. The lowest BCUT2D eigenvalue weighted by atomic mass is 9.97. The highest BCUT2D eigenvalue weighted by atomic mass is 19.1. The molecule has 0 bridgehead atoms. The van der Waals surface area contributed by atoms with Crippen molar-refractivity contribution in [1.82, 2.24) is 19.2 Å². The number of esters is 1. The quantitative estimate of drug-likeness (QED) is 0.249. The van der Waals surface area contributed by atoms with E-state index < -0.39 is 11.4 Å². The van der Waals surface area contributed by atoms with E-state index in [-0.39, 0.29) is 18.1 Å².